The van der Waals surface area contributed by atoms with Crippen LogP contribution in [0.3, 0.4) is 0 Å². The fourth-order valence-electron chi connectivity index (χ4n) is 3.75. The molecule has 2 atom stereocenters. The number of nitrogens with one attached hydrogen (secondary N) is 2. The molecule has 0 heterocycles. The monoisotopic (exact) mass is 402 g/mol. The first-order valence-electron chi connectivity index (χ1n) is 10.1. The summed E-state index contributed by atoms with van der Waals surface area (Å²) >= 11 is 0. The zero-order chi connectivity index (χ0) is 21.0. The molecule has 1 fully saturated rings. The van der Waals surface area contributed by atoms with Crippen molar-refractivity contribution in [2.24, 2.45) is 0 Å². The second kappa shape index (κ2) is 9.01. The van der Waals surface area contributed by atoms with E-state index >= 15 is 0 Å². The fourth-order valence-corrected chi connectivity index (χ4v) is 3.75. The van der Waals surface area contributed by atoms with E-state index in [1.54, 1.807) is 0 Å². The van der Waals surface area contributed by atoms with Gasteiger partial charge >= 0.3 is 0 Å². The minimum absolute atomic E-state index is 0.134. The summed E-state index contributed by atoms with van der Waals surface area (Å²) in [6, 6.07) is 11.0. The molecule has 0 spiro atoms. The predicted octanol–water partition coefficient (Wildman–Crippen LogP) is 3.21. The Hall–Kier alpha value is -2.31. The minimum Gasteiger partial charge on any atom is -0.390 e. The number of hydrogen-bond acceptors (Lipinski definition) is 3. The highest BCUT2D eigenvalue weighted by molar-refractivity contribution is 5.73. The van der Waals surface area contributed by atoms with E-state index in [0.29, 0.717) is 5.56 Å². The van der Waals surface area contributed by atoms with Gasteiger partial charge in [0, 0.05) is 25.1 Å². The van der Waals surface area contributed by atoms with Gasteiger partial charge in [-0.15, -0.1) is 0 Å². The van der Waals surface area contributed by atoms with Crippen molar-refractivity contribution in [3.63, 3.8) is 0 Å². The van der Waals surface area contributed by atoms with Crippen LogP contribution in [-0.4, -0.2) is 29.7 Å². The van der Waals surface area contributed by atoms with Crippen LogP contribution in [0.15, 0.2) is 42.5 Å². The Labute approximate surface area is 170 Å². The van der Waals surface area contributed by atoms with E-state index < -0.39 is 23.8 Å². The summed E-state index contributed by atoms with van der Waals surface area (Å²) < 4.78 is 27.0. The highest BCUT2D eigenvalue weighted by atomic mass is 19.1. The number of aryl methyl sites for hydroxylation is 1. The first-order chi connectivity index (χ1) is 13.8. The molecule has 3 N–H and O–H groups in total. The molecule has 1 aliphatic rings. The van der Waals surface area contributed by atoms with Gasteiger partial charge in [-0.25, -0.2) is 8.78 Å². The molecule has 2 aromatic carbocycles. The number of aliphatic hydroxyl groups is 1. The first-order valence-corrected chi connectivity index (χ1v) is 10.1. The number of aliphatic hydroxyl groups excluding tert-OH is 1. The fraction of sp³-hybridized carbons (Fsp3) is 0.435. The van der Waals surface area contributed by atoms with E-state index in [4.69, 9.17) is 0 Å². The van der Waals surface area contributed by atoms with E-state index in [0.717, 1.165) is 25.3 Å². The van der Waals surface area contributed by atoms with Gasteiger partial charge in [0.2, 0.25) is 5.91 Å². The highest BCUT2D eigenvalue weighted by Crippen LogP contribution is 2.45. The van der Waals surface area contributed by atoms with Crippen LogP contribution in [0.1, 0.15) is 43.4 Å². The molecule has 3 rings (SSSR count). The smallest absolute Gasteiger partial charge is 0.217 e. The molecule has 0 aliphatic heterocycles. The van der Waals surface area contributed by atoms with Gasteiger partial charge in [-0.2, -0.15) is 0 Å². The third-order valence-corrected chi connectivity index (χ3v) is 5.52. The van der Waals surface area contributed by atoms with Crippen LogP contribution in [0.5, 0.6) is 0 Å². The number of amides is 1. The van der Waals surface area contributed by atoms with Gasteiger partial charge in [-0.1, -0.05) is 31.2 Å². The molecular weight excluding hydrogens is 374 g/mol. The van der Waals surface area contributed by atoms with Crippen LogP contribution in [0.25, 0.3) is 0 Å². The van der Waals surface area contributed by atoms with Crippen molar-refractivity contribution in [2.45, 2.75) is 57.2 Å². The van der Waals surface area contributed by atoms with Crippen LogP contribution in [0.4, 0.5) is 8.78 Å². The molecule has 0 radical (unpaired) electrons. The summed E-state index contributed by atoms with van der Waals surface area (Å²) in [5, 5.41) is 16.9. The molecule has 4 nitrogen and oxygen atoms in total. The lowest BCUT2D eigenvalue weighted by molar-refractivity contribution is -0.120. The molecule has 6 heteroatoms. The average Bonchev–Trinajstić information content (AvgIpc) is 3.46. The average molecular weight is 402 g/mol. The second-order valence-electron chi connectivity index (χ2n) is 7.87. The van der Waals surface area contributed by atoms with E-state index in [1.807, 2.05) is 6.07 Å². The number of carbonyl (C=O) groups excluding carboxylic acids is 1. The van der Waals surface area contributed by atoms with Gasteiger partial charge in [0.15, 0.2) is 0 Å². The molecule has 1 saturated carbocycles. The Kier molecular flexibility index (Phi) is 6.65. The maximum Gasteiger partial charge on any atom is 0.217 e. The molecular formula is C23H28F2N2O2. The van der Waals surface area contributed by atoms with Crippen molar-refractivity contribution in [1.29, 1.82) is 0 Å². The van der Waals surface area contributed by atoms with Gasteiger partial charge in [0.1, 0.15) is 11.6 Å². The summed E-state index contributed by atoms with van der Waals surface area (Å²) in [5.74, 6) is -1.66. The maximum atomic E-state index is 13.5. The molecule has 1 amide bonds. The molecule has 0 bridgehead atoms. The van der Waals surface area contributed by atoms with Crippen LogP contribution < -0.4 is 10.6 Å². The molecule has 0 unspecified atom stereocenters. The van der Waals surface area contributed by atoms with Crippen LogP contribution in [-0.2, 0) is 23.2 Å². The first kappa shape index (κ1) is 21.4. The molecule has 156 valence electrons. The highest BCUT2D eigenvalue weighted by Gasteiger charge is 2.44. The van der Waals surface area contributed by atoms with Crippen molar-refractivity contribution in [1.82, 2.24) is 10.6 Å². The van der Waals surface area contributed by atoms with E-state index in [9.17, 15) is 18.7 Å². The molecule has 0 aromatic heterocycles. The van der Waals surface area contributed by atoms with E-state index in [1.165, 1.54) is 30.2 Å². The summed E-state index contributed by atoms with van der Waals surface area (Å²) in [4.78, 5) is 11.6. The van der Waals surface area contributed by atoms with Crippen molar-refractivity contribution >= 4 is 5.91 Å². The van der Waals surface area contributed by atoms with Gasteiger partial charge in [0.05, 0.1) is 12.1 Å². The third kappa shape index (κ3) is 5.61. The molecule has 0 saturated heterocycles. The molecule has 2 aromatic rings. The summed E-state index contributed by atoms with van der Waals surface area (Å²) in [7, 11) is 0. The van der Waals surface area contributed by atoms with E-state index in [2.05, 4.69) is 35.8 Å². The third-order valence-electron chi connectivity index (χ3n) is 5.52. The van der Waals surface area contributed by atoms with Crippen LogP contribution in [0, 0.1) is 11.6 Å². The predicted molar refractivity (Wildman–Crippen MR) is 108 cm³/mol. The maximum absolute atomic E-state index is 13.5. The lowest BCUT2D eigenvalue weighted by Gasteiger charge is -2.27. The Balaban J connectivity index is 1.68. The van der Waals surface area contributed by atoms with Crippen molar-refractivity contribution in [3.05, 3.63) is 70.8 Å². The lowest BCUT2D eigenvalue weighted by Crippen LogP contribution is -2.49. The molecule has 1 aliphatic carbocycles. The number of halogens is 2. The van der Waals surface area contributed by atoms with Crippen LogP contribution >= 0.6 is 0 Å². The van der Waals surface area contributed by atoms with Crippen molar-refractivity contribution in [2.75, 3.05) is 6.54 Å². The SMILES string of the molecule is CCc1cccc(C2(NC[C@@H](O)[C@H](Cc3cc(F)cc(F)c3)NC(C)=O)CC2)c1. The quantitative estimate of drug-likeness (QED) is 0.604. The van der Waals surface area contributed by atoms with Crippen molar-refractivity contribution in [3.8, 4) is 0 Å². The second-order valence-corrected chi connectivity index (χ2v) is 7.87. The zero-order valence-electron chi connectivity index (χ0n) is 16.8. The molecule has 29 heavy (non-hydrogen) atoms. The standard InChI is InChI=1S/C23H28F2N2O2/c1-3-16-5-4-6-18(9-16)23(7-8-23)26-14-22(29)21(27-15(2)28)12-17-10-19(24)13-20(25)11-17/h4-6,9-11,13,21-22,26,29H,3,7-8,12,14H2,1-2H3,(H,27,28)/t21-,22+/m0/s1. The normalized spacial score (nSPS) is 16.9. The summed E-state index contributed by atoms with van der Waals surface area (Å²) in [6.07, 6.45) is 2.15. The van der Waals surface area contributed by atoms with Gasteiger partial charge < -0.3 is 15.7 Å². The van der Waals surface area contributed by atoms with Gasteiger partial charge in [-0.05, 0) is 54.5 Å². The Bertz CT molecular complexity index is 847. The number of rotatable bonds is 9. The summed E-state index contributed by atoms with van der Waals surface area (Å²) in [6.45, 7) is 3.74. The largest absolute Gasteiger partial charge is 0.390 e. The lowest BCUT2D eigenvalue weighted by atomic mass is 9.98. The van der Waals surface area contributed by atoms with Crippen LogP contribution in [0.2, 0.25) is 0 Å². The number of carbonyl (C=O) groups is 1. The Morgan fingerprint density at radius 2 is 1.83 bits per heavy atom. The topological polar surface area (TPSA) is 61.4 Å². The van der Waals surface area contributed by atoms with E-state index in [-0.39, 0.29) is 24.4 Å². The van der Waals surface area contributed by atoms with Crippen molar-refractivity contribution < 1.29 is 18.7 Å². The number of hydrogen-bond donors (Lipinski definition) is 3. The number of benzene rings is 2. The summed E-state index contributed by atoms with van der Waals surface area (Å²) in [5.41, 5.74) is 2.70. The minimum atomic E-state index is -0.905. The van der Waals surface area contributed by atoms with Gasteiger partial charge in [-0.3, -0.25) is 4.79 Å². The Morgan fingerprint density at radius 1 is 1.14 bits per heavy atom. The zero-order valence-corrected chi connectivity index (χ0v) is 16.8. The Morgan fingerprint density at radius 3 is 2.41 bits per heavy atom. The van der Waals surface area contributed by atoms with Gasteiger partial charge in [0.25, 0.3) is 0 Å².